The number of rotatable bonds is 6. The monoisotopic (exact) mass is 318 g/mol. The first kappa shape index (κ1) is 15.6. The van der Waals surface area contributed by atoms with Crippen molar-refractivity contribution in [1.29, 1.82) is 0 Å². The number of halogens is 1. The van der Waals surface area contributed by atoms with Crippen LogP contribution in [0.3, 0.4) is 0 Å². The fraction of sp³-hybridized carbons (Fsp3) is 0.438. The zero-order valence-corrected chi connectivity index (χ0v) is 12.8. The van der Waals surface area contributed by atoms with Crippen LogP contribution in [0, 0.1) is 5.82 Å². The van der Waals surface area contributed by atoms with Gasteiger partial charge in [0.25, 0.3) is 0 Å². The summed E-state index contributed by atoms with van der Waals surface area (Å²) in [5.74, 6) is -1.40. The number of carboxylic acid groups (broad SMARTS) is 1. The average molecular weight is 318 g/mol. The molecule has 0 aliphatic carbocycles. The van der Waals surface area contributed by atoms with Crippen LogP contribution in [0.15, 0.2) is 24.3 Å². The normalized spacial score (nSPS) is 15.2. The lowest BCUT2D eigenvalue weighted by Gasteiger charge is -2.15. The highest BCUT2D eigenvalue weighted by molar-refractivity contribution is 5.86. The number of nitrogens with zero attached hydrogens (tertiary/aromatic N) is 4. The Morgan fingerprint density at radius 2 is 1.87 bits per heavy atom. The molecule has 1 aromatic heterocycles. The maximum absolute atomic E-state index is 13.0. The van der Waals surface area contributed by atoms with Gasteiger partial charge in [0.05, 0.1) is 12.2 Å². The summed E-state index contributed by atoms with van der Waals surface area (Å²) in [5, 5.41) is 17.1. The van der Waals surface area contributed by atoms with E-state index in [-0.39, 0.29) is 11.5 Å². The van der Waals surface area contributed by atoms with Crippen LogP contribution in [-0.4, -0.2) is 50.6 Å². The predicted molar refractivity (Wildman–Crippen MR) is 81.9 cm³/mol. The highest BCUT2D eigenvalue weighted by Gasteiger charge is 2.20. The fourth-order valence-corrected chi connectivity index (χ4v) is 2.89. The third-order valence-electron chi connectivity index (χ3n) is 4.15. The Kier molecular flexibility index (Phi) is 4.66. The van der Waals surface area contributed by atoms with Crippen LogP contribution in [0.2, 0.25) is 0 Å². The molecule has 1 aliphatic heterocycles. The van der Waals surface area contributed by atoms with Crippen molar-refractivity contribution >= 4 is 5.97 Å². The molecule has 0 saturated carbocycles. The molecule has 2 aromatic rings. The van der Waals surface area contributed by atoms with Gasteiger partial charge in [-0.25, -0.2) is 13.9 Å². The van der Waals surface area contributed by atoms with Gasteiger partial charge in [-0.1, -0.05) is 17.3 Å². The van der Waals surface area contributed by atoms with Crippen molar-refractivity contribution in [2.24, 2.45) is 0 Å². The standard InChI is InChI=1S/C16H19FN4O2/c17-13-5-3-12(4-6-13)11-14-15(16(22)23)18-19-21(14)10-9-20-7-1-2-8-20/h3-6H,1-2,7-11H2,(H,22,23). The molecule has 0 bridgehead atoms. The molecular formula is C16H19FN4O2. The van der Waals surface area contributed by atoms with E-state index in [0.29, 0.717) is 18.7 Å². The fourth-order valence-electron chi connectivity index (χ4n) is 2.89. The van der Waals surface area contributed by atoms with Gasteiger partial charge in [0.2, 0.25) is 0 Å². The van der Waals surface area contributed by atoms with E-state index in [9.17, 15) is 14.3 Å². The molecule has 0 spiro atoms. The van der Waals surface area contributed by atoms with Gasteiger partial charge in [0.15, 0.2) is 5.69 Å². The number of hydrogen-bond acceptors (Lipinski definition) is 4. The molecule has 122 valence electrons. The molecule has 1 fully saturated rings. The van der Waals surface area contributed by atoms with E-state index in [0.717, 1.165) is 25.2 Å². The second-order valence-electron chi connectivity index (χ2n) is 5.77. The van der Waals surface area contributed by atoms with E-state index >= 15 is 0 Å². The Labute approximate surface area is 133 Å². The van der Waals surface area contributed by atoms with Crippen molar-refractivity contribution in [1.82, 2.24) is 19.9 Å². The second-order valence-corrected chi connectivity index (χ2v) is 5.77. The van der Waals surface area contributed by atoms with Gasteiger partial charge in [-0.3, -0.25) is 0 Å². The third kappa shape index (κ3) is 3.73. The minimum Gasteiger partial charge on any atom is -0.476 e. The number of likely N-dealkylation sites (tertiary alicyclic amines) is 1. The Hall–Kier alpha value is -2.28. The van der Waals surface area contributed by atoms with Crippen LogP contribution in [0.4, 0.5) is 4.39 Å². The van der Waals surface area contributed by atoms with Gasteiger partial charge in [0, 0.05) is 13.0 Å². The average Bonchev–Trinajstić information content (AvgIpc) is 3.17. The van der Waals surface area contributed by atoms with Crippen LogP contribution < -0.4 is 0 Å². The molecule has 0 atom stereocenters. The van der Waals surface area contributed by atoms with Crippen molar-refractivity contribution < 1.29 is 14.3 Å². The largest absolute Gasteiger partial charge is 0.476 e. The minimum absolute atomic E-state index is 0.0317. The molecule has 23 heavy (non-hydrogen) atoms. The van der Waals surface area contributed by atoms with Crippen molar-refractivity contribution in [2.45, 2.75) is 25.8 Å². The first-order chi connectivity index (χ1) is 11.1. The van der Waals surface area contributed by atoms with E-state index in [1.165, 1.54) is 25.0 Å². The van der Waals surface area contributed by atoms with Crippen LogP contribution >= 0.6 is 0 Å². The molecule has 1 N–H and O–H groups in total. The summed E-state index contributed by atoms with van der Waals surface area (Å²) >= 11 is 0. The van der Waals surface area contributed by atoms with Gasteiger partial charge in [-0.2, -0.15) is 0 Å². The number of carbonyl (C=O) groups is 1. The van der Waals surface area contributed by atoms with E-state index in [4.69, 9.17) is 0 Å². The Bertz CT molecular complexity index is 678. The summed E-state index contributed by atoms with van der Waals surface area (Å²) in [6.07, 6.45) is 2.79. The number of aromatic carboxylic acids is 1. The second kappa shape index (κ2) is 6.87. The quantitative estimate of drug-likeness (QED) is 0.879. The molecule has 0 unspecified atom stereocenters. The first-order valence-electron chi connectivity index (χ1n) is 7.76. The lowest BCUT2D eigenvalue weighted by Crippen LogP contribution is -2.25. The highest BCUT2D eigenvalue weighted by Crippen LogP contribution is 2.14. The molecule has 1 aliphatic rings. The highest BCUT2D eigenvalue weighted by atomic mass is 19.1. The van der Waals surface area contributed by atoms with Crippen LogP contribution in [0.25, 0.3) is 0 Å². The molecule has 3 rings (SSSR count). The Balaban J connectivity index is 1.78. The third-order valence-corrected chi connectivity index (χ3v) is 4.15. The lowest BCUT2D eigenvalue weighted by atomic mass is 10.1. The molecule has 2 heterocycles. The van der Waals surface area contributed by atoms with Crippen molar-refractivity contribution in [3.05, 3.63) is 47.0 Å². The molecule has 1 aromatic carbocycles. The van der Waals surface area contributed by atoms with Crippen molar-refractivity contribution in [3.63, 3.8) is 0 Å². The van der Waals surface area contributed by atoms with Crippen LogP contribution in [-0.2, 0) is 13.0 Å². The van der Waals surface area contributed by atoms with Gasteiger partial charge in [-0.15, -0.1) is 5.10 Å². The number of carboxylic acids is 1. The summed E-state index contributed by atoms with van der Waals surface area (Å²) in [7, 11) is 0. The number of aromatic nitrogens is 3. The zero-order chi connectivity index (χ0) is 16.2. The zero-order valence-electron chi connectivity index (χ0n) is 12.8. The SMILES string of the molecule is O=C(O)c1nnn(CCN2CCCC2)c1Cc1ccc(F)cc1. The number of benzene rings is 1. The molecule has 1 saturated heterocycles. The summed E-state index contributed by atoms with van der Waals surface area (Å²) in [5.41, 5.74) is 1.36. The molecule has 0 amide bonds. The van der Waals surface area contributed by atoms with Crippen molar-refractivity contribution in [3.8, 4) is 0 Å². The van der Waals surface area contributed by atoms with E-state index in [2.05, 4.69) is 15.2 Å². The topological polar surface area (TPSA) is 71.2 Å². The maximum atomic E-state index is 13.0. The predicted octanol–water partition coefficient (Wildman–Crippen LogP) is 1.80. The first-order valence-corrected chi connectivity index (χ1v) is 7.76. The molecule has 7 heteroatoms. The Morgan fingerprint density at radius 3 is 2.52 bits per heavy atom. The Morgan fingerprint density at radius 1 is 1.17 bits per heavy atom. The van der Waals surface area contributed by atoms with Gasteiger partial charge in [0.1, 0.15) is 5.82 Å². The maximum Gasteiger partial charge on any atom is 0.358 e. The molecule has 6 nitrogen and oxygen atoms in total. The molecular weight excluding hydrogens is 299 g/mol. The lowest BCUT2D eigenvalue weighted by molar-refractivity contribution is 0.0689. The smallest absolute Gasteiger partial charge is 0.358 e. The van der Waals surface area contributed by atoms with E-state index < -0.39 is 5.97 Å². The summed E-state index contributed by atoms with van der Waals surface area (Å²) in [4.78, 5) is 13.7. The van der Waals surface area contributed by atoms with Crippen LogP contribution in [0.1, 0.15) is 34.6 Å². The summed E-state index contributed by atoms with van der Waals surface area (Å²) in [6, 6.07) is 6.04. The van der Waals surface area contributed by atoms with Gasteiger partial charge < -0.3 is 10.0 Å². The minimum atomic E-state index is -1.09. The summed E-state index contributed by atoms with van der Waals surface area (Å²) < 4.78 is 14.7. The number of hydrogen-bond donors (Lipinski definition) is 1. The van der Waals surface area contributed by atoms with E-state index in [1.54, 1.807) is 16.8 Å². The van der Waals surface area contributed by atoms with Gasteiger partial charge in [-0.05, 0) is 43.6 Å². The van der Waals surface area contributed by atoms with Crippen molar-refractivity contribution in [2.75, 3.05) is 19.6 Å². The van der Waals surface area contributed by atoms with Gasteiger partial charge >= 0.3 is 5.97 Å². The van der Waals surface area contributed by atoms with Crippen LogP contribution in [0.5, 0.6) is 0 Å². The van der Waals surface area contributed by atoms with E-state index in [1.807, 2.05) is 0 Å². The summed E-state index contributed by atoms with van der Waals surface area (Å²) in [6.45, 7) is 3.59. The molecule has 0 radical (unpaired) electrons.